The Morgan fingerprint density at radius 2 is 1.88 bits per heavy atom. The predicted octanol–water partition coefficient (Wildman–Crippen LogP) is 3.20. The summed E-state index contributed by atoms with van der Waals surface area (Å²) in [6.45, 7) is 7.75. The van der Waals surface area contributed by atoms with Crippen LogP contribution < -0.4 is 0 Å². The van der Waals surface area contributed by atoms with Crippen LogP contribution in [0.2, 0.25) is 0 Å². The first-order valence-electron chi connectivity index (χ1n) is 8.51. The molecule has 1 heterocycles. The fourth-order valence-electron chi connectivity index (χ4n) is 2.96. The van der Waals surface area contributed by atoms with Crippen LogP contribution in [0, 0.1) is 0 Å². The van der Waals surface area contributed by atoms with E-state index in [0.717, 1.165) is 41.7 Å². The van der Waals surface area contributed by atoms with Gasteiger partial charge in [-0.15, -0.1) is 0 Å². The standard InChI is InChI=1S/C19H27N3O2/c1-6-15-13-12-14-10-9-11-16(17(14)20-15)18(22(7-2)8-3)19(23)21(4)24-5/h9-13,18H,6-8H2,1-5H3. The number of hydroxylamine groups is 2. The first-order chi connectivity index (χ1) is 11.6. The molecule has 0 N–H and O–H groups in total. The molecule has 1 atom stereocenters. The van der Waals surface area contributed by atoms with Gasteiger partial charge < -0.3 is 0 Å². The first kappa shape index (κ1) is 18.4. The van der Waals surface area contributed by atoms with Crippen molar-refractivity contribution in [3.05, 3.63) is 41.6 Å². The number of fused-ring (bicyclic) bond motifs is 1. The number of likely N-dealkylation sites (N-methyl/N-ethyl adjacent to an activating group) is 2. The second-order valence-electron chi connectivity index (χ2n) is 5.72. The molecule has 1 aromatic carbocycles. The quantitative estimate of drug-likeness (QED) is 0.732. The fraction of sp³-hybridized carbons (Fsp3) is 0.474. The first-order valence-corrected chi connectivity index (χ1v) is 8.51. The highest BCUT2D eigenvalue weighted by Gasteiger charge is 2.30. The van der Waals surface area contributed by atoms with Crippen LogP contribution in [0.5, 0.6) is 0 Å². The van der Waals surface area contributed by atoms with Crippen molar-refractivity contribution in [2.75, 3.05) is 27.2 Å². The molecule has 0 aliphatic rings. The molecule has 5 nitrogen and oxygen atoms in total. The number of carbonyl (C=O) groups is 1. The summed E-state index contributed by atoms with van der Waals surface area (Å²) in [6, 6.07) is 9.74. The molecule has 1 amide bonds. The Labute approximate surface area is 144 Å². The lowest BCUT2D eigenvalue weighted by Gasteiger charge is -2.31. The fourth-order valence-corrected chi connectivity index (χ4v) is 2.96. The topological polar surface area (TPSA) is 45.7 Å². The van der Waals surface area contributed by atoms with E-state index in [-0.39, 0.29) is 5.91 Å². The maximum absolute atomic E-state index is 13.0. The predicted molar refractivity (Wildman–Crippen MR) is 96.6 cm³/mol. The summed E-state index contributed by atoms with van der Waals surface area (Å²) < 4.78 is 0. The summed E-state index contributed by atoms with van der Waals surface area (Å²) in [4.78, 5) is 25.0. The Kier molecular flexibility index (Phi) is 6.29. The van der Waals surface area contributed by atoms with E-state index in [1.54, 1.807) is 7.05 Å². The summed E-state index contributed by atoms with van der Waals surface area (Å²) in [6.07, 6.45) is 0.867. The molecule has 2 aromatic rings. The maximum atomic E-state index is 13.0. The summed E-state index contributed by atoms with van der Waals surface area (Å²) in [7, 11) is 3.16. The molecule has 1 unspecified atom stereocenters. The molecule has 0 aliphatic carbocycles. The van der Waals surface area contributed by atoms with E-state index in [0.29, 0.717) is 0 Å². The zero-order chi connectivity index (χ0) is 17.7. The summed E-state index contributed by atoms with van der Waals surface area (Å²) in [5, 5.41) is 2.35. The lowest BCUT2D eigenvalue weighted by molar-refractivity contribution is -0.174. The average molecular weight is 329 g/mol. The highest BCUT2D eigenvalue weighted by Crippen LogP contribution is 2.29. The van der Waals surface area contributed by atoms with Gasteiger partial charge in [0.25, 0.3) is 5.91 Å². The molecule has 24 heavy (non-hydrogen) atoms. The van der Waals surface area contributed by atoms with Gasteiger partial charge in [-0.1, -0.05) is 45.0 Å². The number of aryl methyl sites for hydroxylation is 1. The van der Waals surface area contributed by atoms with Crippen molar-refractivity contribution in [1.82, 2.24) is 14.9 Å². The smallest absolute Gasteiger partial charge is 0.267 e. The molecule has 0 bridgehead atoms. The van der Waals surface area contributed by atoms with Crippen molar-refractivity contribution in [2.24, 2.45) is 0 Å². The molecule has 0 fully saturated rings. The van der Waals surface area contributed by atoms with Gasteiger partial charge in [0.05, 0.1) is 12.6 Å². The zero-order valence-corrected chi connectivity index (χ0v) is 15.2. The zero-order valence-electron chi connectivity index (χ0n) is 15.2. The Morgan fingerprint density at radius 3 is 2.46 bits per heavy atom. The average Bonchev–Trinajstić information content (AvgIpc) is 2.64. The highest BCUT2D eigenvalue weighted by molar-refractivity contribution is 5.90. The molecular formula is C19H27N3O2. The van der Waals surface area contributed by atoms with Crippen molar-refractivity contribution in [3.63, 3.8) is 0 Å². The van der Waals surface area contributed by atoms with E-state index < -0.39 is 6.04 Å². The van der Waals surface area contributed by atoms with E-state index >= 15 is 0 Å². The Hall–Kier alpha value is -1.98. The van der Waals surface area contributed by atoms with Gasteiger partial charge in [0.1, 0.15) is 6.04 Å². The van der Waals surface area contributed by atoms with Crippen LogP contribution in [0.1, 0.15) is 38.1 Å². The van der Waals surface area contributed by atoms with E-state index in [2.05, 4.69) is 31.7 Å². The number of benzene rings is 1. The molecule has 5 heteroatoms. The third-order valence-electron chi connectivity index (χ3n) is 4.46. The van der Waals surface area contributed by atoms with Gasteiger partial charge in [0.2, 0.25) is 0 Å². The van der Waals surface area contributed by atoms with Gasteiger partial charge in [0, 0.05) is 23.7 Å². The molecule has 0 aliphatic heterocycles. The van der Waals surface area contributed by atoms with Crippen LogP contribution in [0.15, 0.2) is 30.3 Å². The van der Waals surface area contributed by atoms with Gasteiger partial charge in [0.15, 0.2) is 0 Å². The summed E-state index contributed by atoms with van der Waals surface area (Å²) >= 11 is 0. The lowest BCUT2D eigenvalue weighted by atomic mass is 9.99. The van der Waals surface area contributed by atoms with E-state index in [1.807, 2.05) is 24.3 Å². The van der Waals surface area contributed by atoms with Gasteiger partial charge in [-0.25, -0.2) is 5.06 Å². The summed E-state index contributed by atoms with van der Waals surface area (Å²) in [5.74, 6) is -0.0857. The molecule has 130 valence electrons. The van der Waals surface area contributed by atoms with Crippen molar-refractivity contribution in [3.8, 4) is 0 Å². The number of nitrogens with zero attached hydrogens (tertiary/aromatic N) is 3. The maximum Gasteiger partial charge on any atom is 0.267 e. The minimum atomic E-state index is -0.409. The van der Waals surface area contributed by atoms with Crippen molar-refractivity contribution in [1.29, 1.82) is 0 Å². The van der Waals surface area contributed by atoms with Crippen LogP contribution in [-0.4, -0.2) is 48.1 Å². The Balaban J connectivity index is 2.64. The van der Waals surface area contributed by atoms with Crippen LogP contribution in [0.3, 0.4) is 0 Å². The van der Waals surface area contributed by atoms with Gasteiger partial charge in [-0.05, 0) is 25.6 Å². The lowest BCUT2D eigenvalue weighted by Crippen LogP contribution is -2.41. The second-order valence-corrected chi connectivity index (χ2v) is 5.72. The molecular weight excluding hydrogens is 302 g/mol. The van der Waals surface area contributed by atoms with Crippen LogP contribution >= 0.6 is 0 Å². The molecule has 2 rings (SSSR count). The third-order valence-corrected chi connectivity index (χ3v) is 4.46. The molecule has 1 aromatic heterocycles. The minimum Gasteiger partial charge on any atom is -0.289 e. The van der Waals surface area contributed by atoms with Gasteiger partial charge in [-0.2, -0.15) is 0 Å². The molecule has 0 saturated carbocycles. The number of carbonyl (C=O) groups excluding carboxylic acids is 1. The number of para-hydroxylation sites is 1. The van der Waals surface area contributed by atoms with Gasteiger partial charge in [-0.3, -0.25) is 19.5 Å². The van der Waals surface area contributed by atoms with Gasteiger partial charge >= 0.3 is 0 Å². The van der Waals surface area contributed by atoms with E-state index in [9.17, 15) is 4.79 Å². The normalized spacial score (nSPS) is 12.6. The Bertz CT molecular complexity index is 698. The number of hydrogen-bond donors (Lipinski definition) is 0. The van der Waals surface area contributed by atoms with E-state index in [1.165, 1.54) is 12.2 Å². The molecule has 0 saturated heterocycles. The van der Waals surface area contributed by atoms with Crippen molar-refractivity contribution < 1.29 is 9.63 Å². The highest BCUT2D eigenvalue weighted by atomic mass is 16.7. The minimum absolute atomic E-state index is 0.0857. The number of hydrogen-bond acceptors (Lipinski definition) is 4. The van der Waals surface area contributed by atoms with Crippen LogP contribution in [-0.2, 0) is 16.1 Å². The van der Waals surface area contributed by atoms with Crippen LogP contribution in [0.25, 0.3) is 10.9 Å². The molecule has 0 radical (unpaired) electrons. The summed E-state index contributed by atoms with van der Waals surface area (Å²) in [5.41, 5.74) is 2.85. The number of amides is 1. The van der Waals surface area contributed by atoms with E-state index in [4.69, 9.17) is 9.82 Å². The number of aromatic nitrogens is 1. The number of pyridine rings is 1. The number of rotatable bonds is 7. The van der Waals surface area contributed by atoms with Crippen LogP contribution in [0.4, 0.5) is 0 Å². The SMILES string of the molecule is CCc1ccc2cccc(C(C(=O)N(C)OC)N(CC)CC)c2n1. The largest absolute Gasteiger partial charge is 0.289 e. The second kappa shape index (κ2) is 8.22. The molecule has 0 spiro atoms. The van der Waals surface area contributed by atoms with Crippen molar-refractivity contribution in [2.45, 2.75) is 33.2 Å². The van der Waals surface area contributed by atoms with Crippen molar-refractivity contribution >= 4 is 16.8 Å². The third kappa shape index (κ3) is 3.57. The monoisotopic (exact) mass is 329 g/mol. The Morgan fingerprint density at radius 1 is 1.17 bits per heavy atom.